The molecule has 4 nitrogen and oxygen atoms in total. The third kappa shape index (κ3) is 3.54. The molecule has 0 aliphatic carbocycles. The molecule has 0 saturated heterocycles. The van der Waals surface area contributed by atoms with Gasteiger partial charge in [-0.15, -0.1) is 0 Å². The van der Waals surface area contributed by atoms with E-state index in [0.29, 0.717) is 23.6 Å². The zero-order chi connectivity index (χ0) is 15.2. The Labute approximate surface area is 124 Å². The molecule has 0 aliphatic rings. The predicted octanol–water partition coefficient (Wildman–Crippen LogP) is 3.65. The van der Waals surface area contributed by atoms with E-state index >= 15 is 0 Å². The minimum Gasteiger partial charge on any atom is -0.496 e. The van der Waals surface area contributed by atoms with Crippen LogP contribution in [0.4, 0.5) is 5.69 Å². The van der Waals surface area contributed by atoms with Crippen molar-refractivity contribution >= 4 is 11.6 Å². The Hall–Kier alpha value is -2.49. The summed E-state index contributed by atoms with van der Waals surface area (Å²) in [4.78, 5) is 12.3. The van der Waals surface area contributed by atoms with Crippen LogP contribution in [0.1, 0.15) is 22.8 Å². The van der Waals surface area contributed by atoms with Crippen LogP contribution in [-0.2, 0) is 0 Å². The summed E-state index contributed by atoms with van der Waals surface area (Å²) in [7, 11) is 1.61. The molecule has 2 aromatic carbocycles. The third-order valence-electron chi connectivity index (χ3n) is 3.09. The van der Waals surface area contributed by atoms with Gasteiger partial charge < -0.3 is 14.8 Å². The van der Waals surface area contributed by atoms with Gasteiger partial charge in [-0.05, 0) is 49.7 Å². The van der Waals surface area contributed by atoms with E-state index in [4.69, 9.17) is 9.47 Å². The van der Waals surface area contributed by atoms with Crippen LogP contribution in [0, 0.1) is 6.92 Å². The standard InChI is InChI=1S/C17H19NO3/c1-4-21-16-8-6-5-7-14(16)18-17(19)13-9-10-15(20-3)12(2)11-13/h5-11H,4H2,1-3H3,(H,18,19). The van der Waals surface area contributed by atoms with Crippen molar-refractivity contribution in [1.29, 1.82) is 0 Å². The zero-order valence-corrected chi connectivity index (χ0v) is 12.5. The van der Waals surface area contributed by atoms with Gasteiger partial charge in [0.05, 0.1) is 19.4 Å². The molecule has 0 radical (unpaired) electrons. The molecule has 0 unspecified atom stereocenters. The first-order valence-corrected chi connectivity index (χ1v) is 6.83. The fourth-order valence-corrected chi connectivity index (χ4v) is 2.07. The highest BCUT2D eigenvalue weighted by molar-refractivity contribution is 6.05. The molecular formula is C17H19NO3. The van der Waals surface area contributed by atoms with Crippen LogP contribution in [0.15, 0.2) is 42.5 Å². The maximum Gasteiger partial charge on any atom is 0.255 e. The molecule has 0 saturated carbocycles. The van der Waals surface area contributed by atoms with Crippen LogP contribution in [0.3, 0.4) is 0 Å². The van der Waals surface area contributed by atoms with E-state index in [0.717, 1.165) is 11.3 Å². The highest BCUT2D eigenvalue weighted by Gasteiger charge is 2.11. The first kappa shape index (κ1) is 14.9. The van der Waals surface area contributed by atoms with E-state index in [9.17, 15) is 4.79 Å². The average molecular weight is 285 g/mol. The number of ether oxygens (including phenoxy) is 2. The van der Waals surface area contributed by atoms with Crippen LogP contribution in [0.2, 0.25) is 0 Å². The van der Waals surface area contributed by atoms with Crippen molar-refractivity contribution < 1.29 is 14.3 Å². The Balaban J connectivity index is 2.20. The first-order chi connectivity index (χ1) is 10.2. The highest BCUT2D eigenvalue weighted by Crippen LogP contribution is 2.25. The second-order valence-corrected chi connectivity index (χ2v) is 4.57. The van der Waals surface area contributed by atoms with Crippen LogP contribution in [-0.4, -0.2) is 19.6 Å². The van der Waals surface area contributed by atoms with Gasteiger partial charge in [-0.25, -0.2) is 0 Å². The van der Waals surface area contributed by atoms with E-state index < -0.39 is 0 Å². The van der Waals surface area contributed by atoms with Gasteiger partial charge in [0.15, 0.2) is 0 Å². The molecule has 1 amide bonds. The molecule has 2 aromatic rings. The normalized spacial score (nSPS) is 10.0. The van der Waals surface area contributed by atoms with Crippen molar-refractivity contribution in [2.75, 3.05) is 19.0 Å². The van der Waals surface area contributed by atoms with Gasteiger partial charge in [0.1, 0.15) is 11.5 Å². The van der Waals surface area contributed by atoms with E-state index in [2.05, 4.69) is 5.32 Å². The largest absolute Gasteiger partial charge is 0.496 e. The molecule has 0 aliphatic heterocycles. The summed E-state index contributed by atoms with van der Waals surface area (Å²) in [6.45, 7) is 4.36. The topological polar surface area (TPSA) is 47.6 Å². The molecule has 0 aromatic heterocycles. The molecular weight excluding hydrogens is 266 g/mol. The predicted molar refractivity (Wildman–Crippen MR) is 83.3 cm³/mol. The number of anilines is 1. The maximum atomic E-state index is 12.3. The Morgan fingerprint density at radius 3 is 2.57 bits per heavy atom. The van der Waals surface area contributed by atoms with Crippen molar-refractivity contribution in [2.24, 2.45) is 0 Å². The lowest BCUT2D eigenvalue weighted by Gasteiger charge is -2.12. The van der Waals surface area contributed by atoms with Crippen molar-refractivity contribution in [3.63, 3.8) is 0 Å². The summed E-state index contributed by atoms with van der Waals surface area (Å²) in [5.41, 5.74) is 2.17. The van der Waals surface area contributed by atoms with E-state index in [1.165, 1.54) is 0 Å². The van der Waals surface area contributed by atoms with Crippen molar-refractivity contribution in [3.05, 3.63) is 53.6 Å². The van der Waals surface area contributed by atoms with Gasteiger partial charge in [-0.1, -0.05) is 12.1 Å². The van der Waals surface area contributed by atoms with Crippen LogP contribution in [0.25, 0.3) is 0 Å². The fourth-order valence-electron chi connectivity index (χ4n) is 2.07. The van der Waals surface area contributed by atoms with E-state index in [-0.39, 0.29) is 5.91 Å². The number of aryl methyl sites for hydroxylation is 1. The molecule has 0 bridgehead atoms. The van der Waals surface area contributed by atoms with Gasteiger partial charge in [0.25, 0.3) is 5.91 Å². The molecule has 1 N–H and O–H groups in total. The van der Waals surface area contributed by atoms with Crippen LogP contribution in [0.5, 0.6) is 11.5 Å². The average Bonchev–Trinajstić information content (AvgIpc) is 2.49. The summed E-state index contributed by atoms with van der Waals surface area (Å²) < 4.78 is 10.7. The van der Waals surface area contributed by atoms with Crippen molar-refractivity contribution in [3.8, 4) is 11.5 Å². The number of amides is 1. The molecule has 0 spiro atoms. The lowest BCUT2D eigenvalue weighted by Crippen LogP contribution is -2.13. The monoisotopic (exact) mass is 285 g/mol. The smallest absolute Gasteiger partial charge is 0.255 e. The number of carbonyl (C=O) groups excluding carboxylic acids is 1. The number of methoxy groups -OCH3 is 1. The Kier molecular flexibility index (Phi) is 4.82. The van der Waals surface area contributed by atoms with E-state index in [1.807, 2.05) is 38.1 Å². The van der Waals surface area contributed by atoms with Gasteiger partial charge in [-0.3, -0.25) is 4.79 Å². The fraction of sp³-hybridized carbons (Fsp3) is 0.235. The van der Waals surface area contributed by atoms with Crippen LogP contribution >= 0.6 is 0 Å². The number of rotatable bonds is 5. The Morgan fingerprint density at radius 2 is 1.90 bits per heavy atom. The molecule has 0 heterocycles. The van der Waals surface area contributed by atoms with Gasteiger partial charge in [0.2, 0.25) is 0 Å². The number of nitrogens with one attached hydrogen (secondary N) is 1. The highest BCUT2D eigenvalue weighted by atomic mass is 16.5. The molecule has 0 atom stereocenters. The Bertz CT molecular complexity index is 638. The molecule has 0 fully saturated rings. The lowest BCUT2D eigenvalue weighted by molar-refractivity contribution is 0.102. The number of benzene rings is 2. The number of hydrogen-bond donors (Lipinski definition) is 1. The third-order valence-corrected chi connectivity index (χ3v) is 3.09. The zero-order valence-electron chi connectivity index (χ0n) is 12.5. The summed E-state index contributed by atoms with van der Waals surface area (Å²) in [6.07, 6.45) is 0. The van der Waals surface area contributed by atoms with Crippen molar-refractivity contribution in [2.45, 2.75) is 13.8 Å². The first-order valence-electron chi connectivity index (χ1n) is 6.83. The maximum absolute atomic E-state index is 12.3. The molecule has 2 rings (SSSR count). The van der Waals surface area contributed by atoms with E-state index in [1.54, 1.807) is 25.3 Å². The minimum absolute atomic E-state index is 0.173. The summed E-state index contributed by atoms with van der Waals surface area (Å²) in [6, 6.07) is 12.7. The van der Waals surface area contributed by atoms with Gasteiger partial charge in [0, 0.05) is 5.56 Å². The Morgan fingerprint density at radius 1 is 1.14 bits per heavy atom. The molecule has 21 heavy (non-hydrogen) atoms. The summed E-state index contributed by atoms with van der Waals surface area (Å²) in [5.74, 6) is 1.26. The summed E-state index contributed by atoms with van der Waals surface area (Å²) >= 11 is 0. The molecule has 110 valence electrons. The van der Waals surface area contributed by atoms with Crippen LogP contribution < -0.4 is 14.8 Å². The number of carbonyl (C=O) groups is 1. The summed E-state index contributed by atoms with van der Waals surface area (Å²) in [5, 5.41) is 2.87. The quantitative estimate of drug-likeness (QED) is 0.912. The van der Waals surface area contributed by atoms with Gasteiger partial charge in [-0.2, -0.15) is 0 Å². The van der Waals surface area contributed by atoms with Gasteiger partial charge >= 0.3 is 0 Å². The SMILES string of the molecule is CCOc1ccccc1NC(=O)c1ccc(OC)c(C)c1. The minimum atomic E-state index is -0.173. The number of para-hydroxylation sites is 2. The van der Waals surface area contributed by atoms with Crippen molar-refractivity contribution in [1.82, 2.24) is 0 Å². The lowest BCUT2D eigenvalue weighted by atomic mass is 10.1. The molecule has 4 heteroatoms. The second kappa shape index (κ2) is 6.79. The second-order valence-electron chi connectivity index (χ2n) is 4.57. The number of hydrogen-bond acceptors (Lipinski definition) is 3.